The van der Waals surface area contributed by atoms with Crippen molar-refractivity contribution in [2.24, 2.45) is 0 Å². The van der Waals surface area contributed by atoms with E-state index in [0.29, 0.717) is 22.7 Å². The Labute approximate surface area is 180 Å². The first-order valence-electron chi connectivity index (χ1n) is 9.93. The Morgan fingerprint density at radius 1 is 1.00 bits per heavy atom. The maximum atomic E-state index is 12.8. The lowest BCUT2D eigenvalue weighted by molar-refractivity contribution is 0.0529. The molecule has 30 heavy (non-hydrogen) atoms. The van der Waals surface area contributed by atoms with Gasteiger partial charge in [-0.1, -0.05) is 36.8 Å². The third-order valence-electron chi connectivity index (χ3n) is 4.45. The Hall–Kier alpha value is -3.12. The van der Waals surface area contributed by atoms with E-state index in [1.165, 1.54) is 11.3 Å². The van der Waals surface area contributed by atoms with Crippen molar-refractivity contribution < 1.29 is 19.1 Å². The van der Waals surface area contributed by atoms with Gasteiger partial charge in [0.15, 0.2) is 0 Å². The normalized spacial score (nSPS) is 10.5. The van der Waals surface area contributed by atoms with E-state index in [9.17, 15) is 9.59 Å². The molecule has 0 spiro atoms. The number of aryl methyl sites for hydroxylation is 1. The molecule has 0 aliphatic rings. The first-order valence-corrected chi connectivity index (χ1v) is 10.8. The van der Waals surface area contributed by atoms with E-state index in [1.54, 1.807) is 31.2 Å². The summed E-state index contributed by atoms with van der Waals surface area (Å²) in [6.07, 6.45) is 0.917. The molecule has 6 heteroatoms. The van der Waals surface area contributed by atoms with Crippen molar-refractivity contribution in [3.8, 4) is 16.9 Å². The second kappa shape index (κ2) is 10.1. The molecule has 1 heterocycles. The quantitative estimate of drug-likeness (QED) is 0.455. The molecule has 3 rings (SSSR count). The highest BCUT2D eigenvalue weighted by Gasteiger charge is 2.23. The van der Waals surface area contributed by atoms with E-state index in [0.717, 1.165) is 28.9 Å². The number of esters is 1. The van der Waals surface area contributed by atoms with E-state index in [-0.39, 0.29) is 12.5 Å². The number of benzene rings is 2. The number of anilines is 1. The van der Waals surface area contributed by atoms with Gasteiger partial charge < -0.3 is 14.8 Å². The fourth-order valence-electron chi connectivity index (χ4n) is 2.90. The summed E-state index contributed by atoms with van der Waals surface area (Å²) in [4.78, 5) is 25.4. The standard InChI is InChI=1S/C24H25NO4S/c1-4-14-29-19-12-10-18(11-13-19)22(26)25-23-21(24(27)28-5-2)20(15-30-23)17-8-6-16(3)7-9-17/h6-13,15H,4-5,14H2,1-3H3,(H,25,26). The molecule has 0 atom stereocenters. The Kier molecular flexibility index (Phi) is 7.25. The average Bonchev–Trinajstić information content (AvgIpc) is 3.16. The average molecular weight is 424 g/mol. The summed E-state index contributed by atoms with van der Waals surface area (Å²) < 4.78 is 10.8. The van der Waals surface area contributed by atoms with Crippen molar-refractivity contribution in [1.29, 1.82) is 0 Å². The zero-order valence-corrected chi connectivity index (χ0v) is 18.2. The third-order valence-corrected chi connectivity index (χ3v) is 5.35. The fourth-order valence-corrected chi connectivity index (χ4v) is 3.85. The van der Waals surface area contributed by atoms with Crippen LogP contribution in [0.5, 0.6) is 5.75 Å². The molecule has 1 amide bonds. The van der Waals surface area contributed by atoms with Gasteiger partial charge in [0, 0.05) is 16.5 Å². The predicted octanol–water partition coefficient (Wildman–Crippen LogP) is 5.94. The molecule has 1 N–H and O–H groups in total. The van der Waals surface area contributed by atoms with Gasteiger partial charge in [-0.15, -0.1) is 11.3 Å². The molecule has 0 aliphatic carbocycles. The SMILES string of the molecule is CCCOc1ccc(C(=O)Nc2scc(-c3ccc(C)cc3)c2C(=O)OCC)cc1. The molecular weight excluding hydrogens is 398 g/mol. The molecule has 5 nitrogen and oxygen atoms in total. The maximum absolute atomic E-state index is 12.8. The van der Waals surface area contributed by atoms with E-state index < -0.39 is 5.97 Å². The van der Waals surface area contributed by atoms with Crippen molar-refractivity contribution in [3.05, 3.63) is 70.6 Å². The van der Waals surface area contributed by atoms with Crippen LogP contribution in [0.25, 0.3) is 11.1 Å². The smallest absolute Gasteiger partial charge is 0.341 e. The van der Waals surface area contributed by atoms with Crippen LogP contribution in [0, 0.1) is 6.92 Å². The highest BCUT2D eigenvalue weighted by atomic mass is 32.1. The first-order chi connectivity index (χ1) is 14.5. The number of nitrogens with one attached hydrogen (secondary N) is 1. The van der Waals surface area contributed by atoms with Gasteiger partial charge in [-0.3, -0.25) is 4.79 Å². The summed E-state index contributed by atoms with van der Waals surface area (Å²) in [5.41, 5.74) is 3.64. The maximum Gasteiger partial charge on any atom is 0.341 e. The van der Waals surface area contributed by atoms with Crippen molar-refractivity contribution >= 4 is 28.2 Å². The highest BCUT2D eigenvalue weighted by Crippen LogP contribution is 2.36. The Morgan fingerprint density at radius 3 is 2.33 bits per heavy atom. The topological polar surface area (TPSA) is 64.6 Å². The van der Waals surface area contributed by atoms with Gasteiger partial charge in [-0.05, 0) is 50.1 Å². The second-order valence-electron chi connectivity index (χ2n) is 6.77. The first kappa shape index (κ1) is 21.6. The molecule has 1 aromatic heterocycles. The minimum atomic E-state index is -0.451. The lowest BCUT2D eigenvalue weighted by atomic mass is 10.0. The fraction of sp³-hybridized carbons (Fsp3) is 0.250. The van der Waals surface area contributed by atoms with Crippen LogP contribution in [0.15, 0.2) is 53.9 Å². The van der Waals surface area contributed by atoms with Gasteiger partial charge >= 0.3 is 5.97 Å². The van der Waals surface area contributed by atoms with Crippen LogP contribution in [-0.2, 0) is 4.74 Å². The Bertz CT molecular complexity index is 1010. The van der Waals surface area contributed by atoms with Crippen LogP contribution in [0.1, 0.15) is 46.5 Å². The minimum absolute atomic E-state index is 0.259. The zero-order chi connectivity index (χ0) is 21.5. The van der Waals surface area contributed by atoms with Crippen LogP contribution in [0.4, 0.5) is 5.00 Å². The number of carbonyl (C=O) groups is 2. The van der Waals surface area contributed by atoms with Crippen molar-refractivity contribution in [3.63, 3.8) is 0 Å². The number of rotatable bonds is 8. The van der Waals surface area contributed by atoms with Crippen LogP contribution in [0.2, 0.25) is 0 Å². The van der Waals surface area contributed by atoms with Crippen LogP contribution in [-0.4, -0.2) is 25.1 Å². The Balaban J connectivity index is 1.87. The molecule has 0 aliphatic heterocycles. The molecule has 0 bridgehead atoms. The van der Waals surface area contributed by atoms with Gasteiger partial charge in [0.2, 0.25) is 0 Å². The summed E-state index contributed by atoms with van der Waals surface area (Å²) in [5.74, 6) is -0.0220. The molecule has 156 valence electrons. The van der Waals surface area contributed by atoms with Crippen LogP contribution < -0.4 is 10.1 Å². The summed E-state index contributed by atoms with van der Waals surface area (Å²) >= 11 is 1.31. The minimum Gasteiger partial charge on any atom is -0.494 e. The molecular formula is C24H25NO4S. The van der Waals surface area contributed by atoms with Crippen molar-refractivity contribution in [2.45, 2.75) is 27.2 Å². The van der Waals surface area contributed by atoms with Gasteiger partial charge in [0.05, 0.1) is 13.2 Å². The zero-order valence-electron chi connectivity index (χ0n) is 17.4. The number of hydrogen-bond donors (Lipinski definition) is 1. The lowest BCUT2D eigenvalue weighted by Gasteiger charge is -2.10. The van der Waals surface area contributed by atoms with Gasteiger partial charge in [-0.25, -0.2) is 4.79 Å². The predicted molar refractivity (Wildman–Crippen MR) is 121 cm³/mol. The highest BCUT2D eigenvalue weighted by molar-refractivity contribution is 7.15. The van der Waals surface area contributed by atoms with Crippen LogP contribution in [0.3, 0.4) is 0 Å². The molecule has 2 aromatic carbocycles. The van der Waals surface area contributed by atoms with E-state index in [4.69, 9.17) is 9.47 Å². The summed E-state index contributed by atoms with van der Waals surface area (Å²) in [5, 5.41) is 5.21. The van der Waals surface area contributed by atoms with E-state index in [2.05, 4.69) is 5.32 Å². The van der Waals surface area contributed by atoms with Gasteiger partial charge in [0.25, 0.3) is 5.91 Å². The molecule has 3 aromatic rings. The Morgan fingerprint density at radius 2 is 1.70 bits per heavy atom. The number of hydrogen-bond acceptors (Lipinski definition) is 5. The van der Waals surface area contributed by atoms with Crippen molar-refractivity contribution in [2.75, 3.05) is 18.5 Å². The molecule has 0 saturated carbocycles. The monoisotopic (exact) mass is 423 g/mol. The number of carbonyl (C=O) groups excluding carboxylic acids is 2. The van der Waals surface area contributed by atoms with Crippen molar-refractivity contribution in [1.82, 2.24) is 0 Å². The van der Waals surface area contributed by atoms with Crippen LogP contribution >= 0.6 is 11.3 Å². The second-order valence-corrected chi connectivity index (χ2v) is 7.65. The largest absolute Gasteiger partial charge is 0.494 e. The molecule has 0 saturated heterocycles. The summed E-state index contributed by atoms with van der Waals surface area (Å²) in [6, 6.07) is 14.8. The lowest BCUT2D eigenvalue weighted by Crippen LogP contribution is -2.14. The summed E-state index contributed by atoms with van der Waals surface area (Å²) in [7, 11) is 0. The van der Waals surface area contributed by atoms with E-state index in [1.807, 2.05) is 43.5 Å². The number of thiophene rings is 1. The summed E-state index contributed by atoms with van der Waals surface area (Å²) in [6.45, 7) is 6.69. The third kappa shape index (κ3) is 5.07. The molecule has 0 fully saturated rings. The molecule has 0 radical (unpaired) electrons. The van der Waals surface area contributed by atoms with Gasteiger partial charge in [-0.2, -0.15) is 0 Å². The number of ether oxygens (including phenoxy) is 2. The molecule has 0 unspecified atom stereocenters. The van der Waals surface area contributed by atoms with Gasteiger partial charge in [0.1, 0.15) is 16.3 Å². The van der Waals surface area contributed by atoms with E-state index >= 15 is 0 Å². The number of amides is 1.